The monoisotopic (exact) mass is 639 g/mol. The van der Waals surface area contributed by atoms with Crippen LogP contribution in [0.1, 0.15) is 23.1 Å². The summed E-state index contributed by atoms with van der Waals surface area (Å²) >= 11 is 0. The third-order valence-electron chi connectivity index (χ3n) is 5.12. The first-order valence-corrected chi connectivity index (χ1v) is 10.6. The average molecular weight is 639 g/mol. The van der Waals surface area contributed by atoms with Gasteiger partial charge in [-0.1, -0.05) is 25.3 Å². The van der Waals surface area contributed by atoms with Gasteiger partial charge in [-0.2, -0.15) is 35.1 Å². The topological polar surface area (TPSA) is 30.5 Å². The Kier molecular flexibility index (Phi) is 9.94. The Labute approximate surface area is 224 Å². The molecular weight excluding hydrogens is 626 g/mol. The minimum atomic E-state index is -6.71. The van der Waals surface area contributed by atoms with E-state index in [-0.39, 0.29) is 6.08 Å². The van der Waals surface area contributed by atoms with E-state index in [2.05, 4.69) is 22.6 Å². The molecule has 0 aliphatic rings. The third-order valence-corrected chi connectivity index (χ3v) is 5.12. The van der Waals surface area contributed by atoms with Crippen LogP contribution in [0.2, 0.25) is 0 Å². The quantitative estimate of drug-likeness (QED) is 0.176. The molecule has 3 nitrogen and oxygen atoms in total. The second kappa shape index (κ2) is 12.0. The zero-order valence-corrected chi connectivity index (χ0v) is 20.1. The van der Waals surface area contributed by atoms with Crippen molar-refractivity contribution in [3.8, 4) is 0 Å². The molecule has 234 valence electrons. The molecule has 0 aliphatic carbocycles. The molecule has 0 radical (unpaired) electrons. The molecule has 0 heterocycles. The second-order valence-corrected chi connectivity index (χ2v) is 7.97. The summed E-state index contributed by atoms with van der Waals surface area (Å²) in [5.74, 6) is -18.0. The number of ether oxygens (including phenoxy) is 2. The molecular formula is C23H13F16NO2. The van der Waals surface area contributed by atoms with Crippen molar-refractivity contribution >= 4 is 17.8 Å². The standard InChI is InChI=1S/C23H13F16NO2/c1-3-8-11(24)15(28)10(16(29)12(8)25)5-6-20(32,33)41-22(36,37)23(38,39)42-21(34,35)7-40-19-17(30)13(26)9(4-2)14(27)18(19)31/h3-4,40H,1-2,5-7H2. The van der Waals surface area contributed by atoms with Crippen LogP contribution in [0.4, 0.5) is 75.9 Å². The summed E-state index contributed by atoms with van der Waals surface area (Å²) in [4.78, 5) is 0. The van der Waals surface area contributed by atoms with Crippen LogP contribution < -0.4 is 5.32 Å². The van der Waals surface area contributed by atoms with E-state index in [1.54, 1.807) is 0 Å². The maximum Gasteiger partial charge on any atom is 0.453 e. The van der Waals surface area contributed by atoms with Crippen LogP contribution in [-0.2, 0) is 15.9 Å². The number of rotatable bonds is 13. The second-order valence-electron chi connectivity index (χ2n) is 7.97. The summed E-state index contributed by atoms with van der Waals surface area (Å²) in [7, 11) is 0. The predicted molar refractivity (Wildman–Crippen MR) is 111 cm³/mol. The van der Waals surface area contributed by atoms with Crippen molar-refractivity contribution in [1.29, 1.82) is 0 Å². The highest BCUT2D eigenvalue weighted by atomic mass is 19.3. The first-order chi connectivity index (χ1) is 19.0. The Morgan fingerprint density at radius 2 is 0.905 bits per heavy atom. The van der Waals surface area contributed by atoms with Crippen LogP contribution >= 0.6 is 0 Å². The summed E-state index contributed by atoms with van der Waals surface area (Å²) in [5, 5.41) is 0.898. The molecule has 2 aromatic rings. The van der Waals surface area contributed by atoms with Gasteiger partial charge in [0.1, 0.15) is 12.2 Å². The predicted octanol–water partition coefficient (Wildman–Crippen LogP) is 8.53. The Balaban J connectivity index is 2.20. The number of hydrogen-bond acceptors (Lipinski definition) is 3. The molecule has 19 heteroatoms. The zero-order valence-electron chi connectivity index (χ0n) is 20.1. The lowest BCUT2D eigenvalue weighted by Gasteiger charge is -2.31. The first-order valence-electron chi connectivity index (χ1n) is 10.6. The fourth-order valence-electron chi connectivity index (χ4n) is 3.12. The van der Waals surface area contributed by atoms with E-state index in [0.717, 1.165) is 5.32 Å². The summed E-state index contributed by atoms with van der Waals surface area (Å²) in [6.45, 7) is 3.05. The largest absolute Gasteiger partial charge is 0.453 e. The van der Waals surface area contributed by atoms with E-state index in [0.29, 0.717) is 6.08 Å². The van der Waals surface area contributed by atoms with E-state index in [1.165, 1.54) is 0 Å². The molecule has 0 saturated carbocycles. The number of halogens is 16. The van der Waals surface area contributed by atoms with Gasteiger partial charge in [-0.3, -0.25) is 0 Å². The maximum absolute atomic E-state index is 13.9. The molecule has 0 aliphatic heterocycles. The molecule has 0 spiro atoms. The van der Waals surface area contributed by atoms with Crippen molar-refractivity contribution in [1.82, 2.24) is 0 Å². The van der Waals surface area contributed by atoms with Crippen LogP contribution in [0.15, 0.2) is 13.2 Å². The molecule has 0 unspecified atom stereocenters. The number of hydrogen-bond donors (Lipinski definition) is 1. The Hall–Kier alpha value is -3.48. The number of benzene rings is 2. The molecule has 0 amide bonds. The van der Waals surface area contributed by atoms with Crippen LogP contribution in [0.3, 0.4) is 0 Å². The van der Waals surface area contributed by atoms with Crippen LogP contribution in [-0.4, -0.2) is 31.0 Å². The van der Waals surface area contributed by atoms with E-state index in [4.69, 9.17) is 0 Å². The average Bonchev–Trinajstić information content (AvgIpc) is 2.85. The van der Waals surface area contributed by atoms with Crippen molar-refractivity contribution in [2.75, 3.05) is 11.9 Å². The fraction of sp³-hybridized carbons (Fsp3) is 0.304. The minimum Gasteiger partial charge on any atom is -0.372 e. The summed E-state index contributed by atoms with van der Waals surface area (Å²) in [6, 6.07) is 0. The zero-order chi connectivity index (χ0) is 32.6. The first kappa shape index (κ1) is 34.7. The van der Waals surface area contributed by atoms with E-state index in [9.17, 15) is 70.2 Å². The van der Waals surface area contributed by atoms with Crippen molar-refractivity contribution in [3.63, 3.8) is 0 Å². The highest BCUT2D eigenvalue weighted by Crippen LogP contribution is 2.44. The lowest BCUT2D eigenvalue weighted by atomic mass is 10.0. The molecule has 1 N–H and O–H groups in total. The van der Waals surface area contributed by atoms with Crippen molar-refractivity contribution in [3.05, 3.63) is 76.4 Å². The van der Waals surface area contributed by atoms with Gasteiger partial charge in [-0.15, -0.1) is 0 Å². The summed E-state index contributed by atoms with van der Waals surface area (Å²) < 4.78 is 226. The normalized spacial score (nSPS) is 13.0. The fourth-order valence-corrected chi connectivity index (χ4v) is 3.12. The van der Waals surface area contributed by atoms with Gasteiger partial charge < -0.3 is 5.32 Å². The van der Waals surface area contributed by atoms with Gasteiger partial charge in [-0.05, 0) is 6.42 Å². The summed E-state index contributed by atoms with van der Waals surface area (Å²) in [6.07, 6.45) is -28.3. The summed E-state index contributed by atoms with van der Waals surface area (Å²) in [5.41, 5.74) is -6.61. The Morgan fingerprint density at radius 3 is 1.29 bits per heavy atom. The molecule has 2 rings (SSSR count). The lowest BCUT2D eigenvalue weighted by Crippen LogP contribution is -2.53. The Bertz CT molecular complexity index is 1210. The van der Waals surface area contributed by atoms with Crippen LogP contribution in [0.5, 0.6) is 0 Å². The number of alkyl halides is 8. The SMILES string of the molecule is C=Cc1c(F)c(F)c(CCC(F)(F)OC(F)(F)C(F)(F)OC(F)(F)CNc2c(F)c(F)c(C=C)c(F)c2F)c(F)c1F. The van der Waals surface area contributed by atoms with Gasteiger partial charge in [0.2, 0.25) is 0 Å². The van der Waals surface area contributed by atoms with Gasteiger partial charge in [0.25, 0.3) is 0 Å². The van der Waals surface area contributed by atoms with Gasteiger partial charge in [0.15, 0.2) is 46.5 Å². The molecule has 0 aromatic heterocycles. The molecule has 0 saturated heterocycles. The lowest BCUT2D eigenvalue weighted by molar-refractivity contribution is -0.511. The van der Waals surface area contributed by atoms with E-state index >= 15 is 0 Å². The van der Waals surface area contributed by atoms with Crippen molar-refractivity contribution < 1.29 is 79.7 Å². The van der Waals surface area contributed by atoms with Gasteiger partial charge in [0, 0.05) is 12.0 Å². The highest BCUT2D eigenvalue weighted by Gasteiger charge is 2.67. The van der Waals surface area contributed by atoms with E-state index < -0.39 is 113 Å². The molecule has 0 bridgehead atoms. The number of nitrogens with one attached hydrogen (secondary N) is 1. The third kappa shape index (κ3) is 6.93. The minimum absolute atomic E-state index is 0.277. The van der Waals surface area contributed by atoms with Crippen LogP contribution in [0, 0.1) is 46.5 Å². The molecule has 2 aromatic carbocycles. The van der Waals surface area contributed by atoms with E-state index in [1.807, 2.05) is 0 Å². The van der Waals surface area contributed by atoms with Crippen molar-refractivity contribution in [2.45, 2.75) is 37.3 Å². The highest BCUT2D eigenvalue weighted by molar-refractivity contribution is 5.57. The maximum atomic E-state index is 13.9. The molecule has 0 fully saturated rings. The molecule has 0 atom stereocenters. The van der Waals surface area contributed by atoms with Gasteiger partial charge in [0.05, 0.1) is 11.1 Å². The smallest absolute Gasteiger partial charge is 0.372 e. The Morgan fingerprint density at radius 1 is 0.548 bits per heavy atom. The van der Waals surface area contributed by atoms with Crippen molar-refractivity contribution in [2.24, 2.45) is 0 Å². The molecule has 42 heavy (non-hydrogen) atoms. The van der Waals surface area contributed by atoms with Gasteiger partial charge >= 0.3 is 24.4 Å². The van der Waals surface area contributed by atoms with Gasteiger partial charge in [-0.25, -0.2) is 44.6 Å². The number of anilines is 1. The van der Waals surface area contributed by atoms with Crippen LogP contribution in [0.25, 0.3) is 12.2 Å².